The minimum absolute atomic E-state index is 0. The predicted molar refractivity (Wildman–Crippen MR) is 187 cm³/mol. The molecule has 242 valence electrons. The fourth-order valence-corrected chi connectivity index (χ4v) is 7.33. The van der Waals surface area contributed by atoms with Crippen LogP contribution in [0.15, 0.2) is 72.8 Å². The lowest BCUT2D eigenvalue weighted by molar-refractivity contribution is 0.0814. The third kappa shape index (κ3) is 10.3. The SMILES string of the molecule is CCNc1cc(C(=O)N[C@@H](Cc2ccccc2)[C@@H](O)CNC(C)(C)Cc2cccc(Cl)c2)cc(N2CCCCS2(O)O)c1.Cl. The normalized spacial score (nSPS) is 16.8. The summed E-state index contributed by atoms with van der Waals surface area (Å²) in [6.45, 7) is 7.53. The second-order valence-corrected chi connectivity index (χ2v) is 14.4. The Bertz CT molecular complexity index is 1360. The van der Waals surface area contributed by atoms with E-state index in [9.17, 15) is 19.0 Å². The molecule has 1 amide bonds. The molecule has 0 unspecified atom stereocenters. The van der Waals surface area contributed by atoms with Gasteiger partial charge >= 0.3 is 0 Å². The fourth-order valence-electron chi connectivity index (χ4n) is 5.44. The first kappa shape index (κ1) is 36.0. The van der Waals surface area contributed by atoms with Crippen molar-refractivity contribution in [2.45, 2.75) is 64.1 Å². The number of nitrogens with zero attached hydrogens (tertiary/aromatic N) is 1. The molecule has 3 aromatic carbocycles. The quantitative estimate of drug-likeness (QED) is 0.119. The molecule has 1 aliphatic rings. The van der Waals surface area contributed by atoms with E-state index in [1.54, 1.807) is 16.4 Å². The van der Waals surface area contributed by atoms with Crippen LogP contribution in [0.1, 0.15) is 55.1 Å². The van der Waals surface area contributed by atoms with Crippen LogP contribution >= 0.6 is 34.8 Å². The summed E-state index contributed by atoms with van der Waals surface area (Å²) in [5.41, 5.74) is 3.45. The number of rotatable bonds is 13. The zero-order valence-electron chi connectivity index (χ0n) is 25.6. The standard InChI is InChI=1S/C33H45ClN4O4S.ClH/c1-4-35-28-19-26(20-29(21-28)38-15-8-9-16-43(38,41)42)32(40)37-30(18-24-11-6-5-7-12-24)31(39)23-36-33(2,3)22-25-13-10-14-27(34)17-25;/h5-7,10-14,17,19-21,30-31,35-36,39,41-42H,4,8-9,15-16,18,22-23H2,1-3H3,(H,37,40);1H/t30-,31-;/m0./s1. The van der Waals surface area contributed by atoms with Crippen molar-refractivity contribution in [2.24, 2.45) is 0 Å². The number of β-amino-alcohol motifs (C(OH)–C–C–N with tert-alkyl or cyclic N) is 1. The van der Waals surface area contributed by atoms with E-state index in [1.165, 1.54) is 0 Å². The molecule has 1 saturated heterocycles. The zero-order valence-corrected chi connectivity index (χ0v) is 28.0. The summed E-state index contributed by atoms with van der Waals surface area (Å²) in [6.07, 6.45) is 1.87. The van der Waals surface area contributed by atoms with Gasteiger partial charge in [0, 0.05) is 41.4 Å². The lowest BCUT2D eigenvalue weighted by atomic mass is 9.94. The Morgan fingerprint density at radius 2 is 1.75 bits per heavy atom. The molecule has 8 nitrogen and oxygen atoms in total. The Labute approximate surface area is 274 Å². The maximum Gasteiger partial charge on any atom is 0.251 e. The molecule has 1 fully saturated rings. The molecule has 2 atom stereocenters. The first-order chi connectivity index (χ1) is 20.5. The summed E-state index contributed by atoms with van der Waals surface area (Å²) in [6, 6.07) is 22.3. The van der Waals surface area contributed by atoms with Crippen molar-refractivity contribution in [2.75, 3.05) is 35.0 Å². The van der Waals surface area contributed by atoms with Crippen LogP contribution in [0.5, 0.6) is 0 Å². The number of amides is 1. The zero-order chi connectivity index (χ0) is 31.0. The second-order valence-electron chi connectivity index (χ2n) is 11.9. The van der Waals surface area contributed by atoms with Crippen LogP contribution in [0, 0.1) is 0 Å². The molecular formula is C33H46Cl2N4O4S. The van der Waals surface area contributed by atoms with Gasteiger partial charge in [0.25, 0.3) is 5.91 Å². The number of nitrogens with one attached hydrogen (secondary N) is 3. The van der Waals surface area contributed by atoms with Crippen LogP contribution in [-0.2, 0) is 12.8 Å². The van der Waals surface area contributed by atoms with Gasteiger partial charge in [0.15, 0.2) is 0 Å². The third-order valence-electron chi connectivity index (χ3n) is 7.64. The van der Waals surface area contributed by atoms with Gasteiger partial charge in [0.2, 0.25) is 0 Å². The minimum atomic E-state index is -2.96. The van der Waals surface area contributed by atoms with E-state index < -0.39 is 22.9 Å². The molecule has 0 aliphatic carbocycles. The van der Waals surface area contributed by atoms with Crippen molar-refractivity contribution >= 4 is 52.1 Å². The molecule has 0 spiro atoms. The minimum Gasteiger partial charge on any atom is -0.390 e. The van der Waals surface area contributed by atoms with Crippen molar-refractivity contribution in [1.82, 2.24) is 10.6 Å². The van der Waals surface area contributed by atoms with E-state index in [0.717, 1.165) is 29.7 Å². The summed E-state index contributed by atoms with van der Waals surface area (Å²) >= 11 is 6.18. The fraction of sp³-hybridized carbons (Fsp3) is 0.424. The molecular weight excluding hydrogens is 619 g/mol. The van der Waals surface area contributed by atoms with Gasteiger partial charge in [-0.25, -0.2) is 0 Å². The molecule has 6 N–H and O–H groups in total. The number of aliphatic hydroxyl groups is 1. The van der Waals surface area contributed by atoms with E-state index in [2.05, 4.69) is 29.8 Å². The average Bonchev–Trinajstić information content (AvgIpc) is 2.95. The Morgan fingerprint density at radius 1 is 1.02 bits per heavy atom. The van der Waals surface area contributed by atoms with Gasteiger partial charge in [-0.2, -0.15) is 0 Å². The molecule has 44 heavy (non-hydrogen) atoms. The summed E-state index contributed by atoms with van der Waals surface area (Å²) in [4.78, 5) is 13.8. The predicted octanol–water partition coefficient (Wildman–Crippen LogP) is 6.77. The second kappa shape index (κ2) is 16.2. The first-order valence-corrected chi connectivity index (χ1v) is 17.0. The third-order valence-corrected chi connectivity index (χ3v) is 9.81. The number of carbonyl (C=O) groups excluding carboxylic acids is 1. The van der Waals surface area contributed by atoms with Gasteiger partial charge in [-0.15, -0.1) is 23.2 Å². The molecule has 3 aromatic rings. The van der Waals surface area contributed by atoms with Crippen LogP contribution in [0.4, 0.5) is 11.4 Å². The maximum absolute atomic E-state index is 13.8. The Morgan fingerprint density at radius 3 is 2.43 bits per heavy atom. The maximum atomic E-state index is 13.8. The molecule has 0 aromatic heterocycles. The molecule has 11 heteroatoms. The number of carbonyl (C=O) groups is 1. The number of hydrogen-bond donors (Lipinski definition) is 6. The number of hydrogen-bond acceptors (Lipinski definition) is 7. The summed E-state index contributed by atoms with van der Waals surface area (Å²) in [7, 11) is -2.96. The summed E-state index contributed by atoms with van der Waals surface area (Å²) in [5.74, 6) is -0.0287. The average molecular weight is 666 g/mol. The van der Waals surface area contributed by atoms with Crippen molar-refractivity contribution in [3.8, 4) is 0 Å². The Hall–Kier alpha value is -2.50. The van der Waals surface area contributed by atoms with Gasteiger partial charge < -0.3 is 21.1 Å². The van der Waals surface area contributed by atoms with Crippen LogP contribution in [0.2, 0.25) is 5.02 Å². The van der Waals surface area contributed by atoms with Crippen LogP contribution in [0.3, 0.4) is 0 Å². The van der Waals surface area contributed by atoms with Gasteiger partial charge in [0.1, 0.15) is 0 Å². The highest BCUT2D eigenvalue weighted by molar-refractivity contribution is 8.25. The van der Waals surface area contributed by atoms with Gasteiger partial charge in [-0.3, -0.25) is 18.2 Å². The molecule has 1 heterocycles. The van der Waals surface area contributed by atoms with Gasteiger partial charge in [0.05, 0.1) is 23.6 Å². The van der Waals surface area contributed by atoms with E-state index in [4.69, 9.17) is 11.6 Å². The highest BCUT2D eigenvalue weighted by atomic mass is 35.5. The van der Waals surface area contributed by atoms with Crippen molar-refractivity contribution in [3.63, 3.8) is 0 Å². The van der Waals surface area contributed by atoms with Crippen molar-refractivity contribution in [3.05, 3.63) is 94.5 Å². The first-order valence-electron chi connectivity index (χ1n) is 14.9. The van der Waals surface area contributed by atoms with E-state index >= 15 is 0 Å². The van der Waals surface area contributed by atoms with E-state index in [-0.39, 0.29) is 30.4 Å². The number of anilines is 2. The Balaban J connectivity index is 0.00000529. The molecule has 1 aliphatic heterocycles. The smallest absolute Gasteiger partial charge is 0.251 e. The van der Waals surface area contributed by atoms with Gasteiger partial charge in [-0.1, -0.05) is 54.1 Å². The number of aliphatic hydroxyl groups excluding tert-OH is 1. The lowest BCUT2D eigenvalue weighted by Crippen LogP contribution is -2.52. The lowest BCUT2D eigenvalue weighted by Gasteiger charge is -2.47. The molecule has 0 radical (unpaired) electrons. The van der Waals surface area contributed by atoms with Crippen LogP contribution < -0.4 is 20.3 Å². The summed E-state index contributed by atoms with van der Waals surface area (Å²) in [5, 5.41) is 21.9. The van der Waals surface area contributed by atoms with E-state index in [0.29, 0.717) is 48.0 Å². The molecule has 0 bridgehead atoms. The highest BCUT2D eigenvalue weighted by Crippen LogP contribution is 2.50. The molecule has 4 rings (SSSR count). The number of benzene rings is 3. The summed E-state index contributed by atoms with van der Waals surface area (Å²) < 4.78 is 23.1. The van der Waals surface area contributed by atoms with Crippen LogP contribution in [-0.4, -0.2) is 63.2 Å². The topological polar surface area (TPSA) is 117 Å². The molecule has 0 saturated carbocycles. The van der Waals surface area contributed by atoms with Crippen LogP contribution in [0.25, 0.3) is 0 Å². The van der Waals surface area contributed by atoms with Gasteiger partial charge in [-0.05, 0) is 87.9 Å². The van der Waals surface area contributed by atoms with Crippen molar-refractivity contribution in [1.29, 1.82) is 0 Å². The monoisotopic (exact) mass is 664 g/mol. The van der Waals surface area contributed by atoms with E-state index in [1.807, 2.05) is 67.6 Å². The number of halogens is 2. The van der Waals surface area contributed by atoms with Crippen molar-refractivity contribution < 1.29 is 19.0 Å². The largest absolute Gasteiger partial charge is 0.390 e. The highest BCUT2D eigenvalue weighted by Gasteiger charge is 2.29. The Kier molecular flexibility index (Phi) is 13.2.